The van der Waals surface area contributed by atoms with Crippen molar-refractivity contribution in [2.45, 2.75) is 116 Å². The van der Waals surface area contributed by atoms with Crippen LogP contribution in [-0.2, 0) is 68.5 Å². The van der Waals surface area contributed by atoms with E-state index in [1.807, 2.05) is 68.4 Å². The number of allylic oxidation sites excluding steroid dienone is 6. The molecule has 0 bridgehead atoms. The van der Waals surface area contributed by atoms with Crippen molar-refractivity contribution >= 4 is 156 Å². The minimum absolute atomic E-state index is 0.0677. The first kappa shape index (κ1) is 71.8. The number of likely N-dealkylation sites (N-methyl/N-ethyl adjacent to an activating group) is 1. The number of nitrogens with zero attached hydrogens (tertiary/aromatic N) is 2. The molecule has 2 aliphatic rings. The van der Waals surface area contributed by atoms with Crippen LogP contribution in [0.15, 0.2) is 128 Å². The van der Waals surface area contributed by atoms with Crippen LogP contribution >= 0.6 is 35.8 Å². The average molecular weight is 1410 g/mol. The molecule has 2 heterocycles. The number of carboxylic acid groups (broad SMARTS) is 2. The SMILES string of the molecule is CCN1C(=CC=CC=CC2=[N+](CCCCCC(=O)N[C@@H](CCC(=O)N[C@H](CSCC(=O)Nc3ccc([As](O)O)cc3)C(=O)NCC(=O)[O-])C(=O)[O-])c3ccc4c(S(=O)(=O)[O-])cc(SO[O-])cc4c3C2(C)C)C(C)(C)c2c1ccc1c(SO[O-])cc(S(=O)(=O)[O-])cc21. The summed E-state index contributed by atoms with van der Waals surface area (Å²) in [6, 6.07) is 14.6. The Labute approximate surface area is 542 Å². The standard InChI is InChI=1S/C59H67AsN6O20S5/c1-6-65-44-23-20-38-41(29-37(90(79,80)81)30-46(38)89-86-78)55(44)58(2,3)48(65)13-9-7-10-14-49-59(4,5)54-40-27-36(88-85-77)28-47(91(82,83)84)39(40)21-24-45(54)66(49)26-12-8-11-15-50(67)63-42(57(73)74)22-25-51(68)64-43(56(72)61-31-53(70)71)32-87-33-52(69)62-35-18-16-34(17-19-35)60(75)76/h7,9-10,13-14,16-21,23-24,27-30,42-43,75-76H,6,8,11-12,15,22,25-26,31-33H2,1-5H3,(H9-,61,62,63,64,67,68,69,70,71,72,73,74,77,78,79,80,81,82,83,84)/p-5/t42-,43+/m0/s1. The van der Waals surface area contributed by atoms with Gasteiger partial charge in [-0.3, -0.25) is 9.59 Å². The number of unbranched alkanes of at least 4 members (excludes halogenated alkanes) is 2. The summed E-state index contributed by atoms with van der Waals surface area (Å²) < 4.78 is 104. The summed E-state index contributed by atoms with van der Waals surface area (Å²) in [4.78, 5) is 76.3. The first-order valence-corrected chi connectivity index (χ1v) is 36.0. The van der Waals surface area contributed by atoms with E-state index < -0.39 is 123 Å². The number of aliphatic carboxylic acids is 2. The summed E-state index contributed by atoms with van der Waals surface area (Å²) in [5.41, 5.74) is 2.96. The summed E-state index contributed by atoms with van der Waals surface area (Å²) in [6.45, 7) is 9.58. The number of carbonyl (C=O) groups excluding carboxylic acids is 6. The van der Waals surface area contributed by atoms with E-state index in [9.17, 15) is 83.6 Å². The van der Waals surface area contributed by atoms with Crippen LogP contribution in [0.5, 0.6) is 0 Å². The van der Waals surface area contributed by atoms with Crippen LogP contribution in [0, 0.1) is 0 Å². The van der Waals surface area contributed by atoms with E-state index in [0.29, 0.717) is 87.5 Å². The van der Waals surface area contributed by atoms with Crippen molar-refractivity contribution in [1.82, 2.24) is 16.0 Å². The van der Waals surface area contributed by atoms with E-state index in [1.54, 1.807) is 30.4 Å². The quantitative estimate of drug-likeness (QED) is 0.00516. The normalized spacial score (nSPS) is 15.6. The van der Waals surface area contributed by atoms with Crippen molar-refractivity contribution in [3.8, 4) is 0 Å². The maximum absolute atomic E-state index is 13.2. The molecule has 0 radical (unpaired) electrons. The number of thioether (sulfide) groups is 1. The van der Waals surface area contributed by atoms with Gasteiger partial charge in [-0.15, -0.1) is 0 Å². The Kier molecular flexibility index (Phi) is 24.3. The molecule has 0 saturated carbocycles. The molecule has 5 aromatic carbocycles. The van der Waals surface area contributed by atoms with Gasteiger partial charge in [0.05, 0.1) is 39.7 Å². The topological polar surface area (TPSA) is 422 Å². The number of carbonyl (C=O) groups is 6. The zero-order valence-electron chi connectivity index (χ0n) is 49.4. The van der Waals surface area contributed by atoms with Crippen molar-refractivity contribution in [1.29, 1.82) is 0 Å². The fraction of sp³-hybridized carbons (Fsp3) is 0.339. The number of fused-ring (bicyclic) bond motifs is 6. The minimum atomic E-state index is -5.07. The smallest absolute Gasteiger partial charge is 0.744 e. The van der Waals surface area contributed by atoms with E-state index in [4.69, 9.17) is 0 Å². The van der Waals surface area contributed by atoms with Crippen LogP contribution in [0.1, 0.15) is 84.3 Å². The van der Waals surface area contributed by atoms with Crippen LogP contribution in [0.3, 0.4) is 0 Å². The van der Waals surface area contributed by atoms with Crippen molar-refractivity contribution in [2.24, 2.45) is 0 Å². The molecule has 7 rings (SSSR count). The van der Waals surface area contributed by atoms with E-state index in [-0.39, 0.29) is 39.5 Å². The van der Waals surface area contributed by atoms with Gasteiger partial charge in [0, 0.05) is 99.6 Å². The molecule has 91 heavy (non-hydrogen) atoms. The second-order valence-electron chi connectivity index (χ2n) is 21.9. The third kappa shape index (κ3) is 17.5. The zero-order chi connectivity index (χ0) is 66.8. The first-order chi connectivity index (χ1) is 42.9. The molecule has 0 fully saturated rings. The van der Waals surface area contributed by atoms with Crippen LogP contribution in [-0.4, -0.2) is 139 Å². The average Bonchev–Trinajstić information content (AvgIpc) is 1.61. The zero-order valence-corrected chi connectivity index (χ0v) is 55.3. The molecule has 488 valence electrons. The number of hydrogen-bond donors (Lipinski definition) is 6. The van der Waals surface area contributed by atoms with Crippen LogP contribution in [0.25, 0.3) is 21.5 Å². The fourth-order valence-electron chi connectivity index (χ4n) is 11.2. The molecule has 2 atom stereocenters. The van der Waals surface area contributed by atoms with E-state index in [0.717, 1.165) is 46.6 Å². The second kappa shape index (κ2) is 30.8. The van der Waals surface area contributed by atoms with E-state index in [1.165, 1.54) is 36.4 Å². The van der Waals surface area contributed by atoms with Crippen LogP contribution in [0.2, 0.25) is 0 Å². The van der Waals surface area contributed by atoms with Gasteiger partial charge in [-0.1, -0.05) is 38.1 Å². The number of hydrogen-bond acceptors (Lipinski definition) is 24. The minimum Gasteiger partial charge on any atom is -0.744 e. The number of benzene rings is 5. The Morgan fingerprint density at radius 3 is 2.04 bits per heavy atom. The predicted molar refractivity (Wildman–Crippen MR) is 330 cm³/mol. The number of rotatable bonds is 31. The molecule has 0 spiro atoms. The molecular formula is C59H62AsN6O20S5-5. The number of amides is 4. The van der Waals surface area contributed by atoms with Crippen LogP contribution in [0.4, 0.5) is 17.1 Å². The monoisotopic (exact) mass is 1410 g/mol. The van der Waals surface area contributed by atoms with Gasteiger partial charge in [-0.05, 0) is 104 Å². The first-order valence-electron chi connectivity index (χ1n) is 27.9. The van der Waals surface area contributed by atoms with Gasteiger partial charge in [0.15, 0.2) is 5.71 Å². The van der Waals surface area contributed by atoms with Crippen molar-refractivity contribution in [3.63, 3.8) is 0 Å². The Morgan fingerprint density at radius 2 is 1.41 bits per heavy atom. The van der Waals surface area contributed by atoms with Gasteiger partial charge in [-0.2, -0.15) is 4.58 Å². The molecular weight excluding hydrogens is 1350 g/mol. The summed E-state index contributed by atoms with van der Waals surface area (Å²) >= 11 is -1.48. The predicted octanol–water partition coefficient (Wildman–Crippen LogP) is 0.567. The molecule has 5 aromatic rings. The van der Waals surface area contributed by atoms with Crippen molar-refractivity contribution < 1.29 is 96.9 Å². The molecule has 6 N–H and O–H groups in total. The van der Waals surface area contributed by atoms with Gasteiger partial charge in [0.25, 0.3) is 0 Å². The van der Waals surface area contributed by atoms with E-state index in [2.05, 4.69) is 29.9 Å². The van der Waals surface area contributed by atoms with Gasteiger partial charge >= 0.3 is 130 Å². The number of anilines is 2. The number of carboxylic acids is 2. The molecule has 0 aromatic heterocycles. The van der Waals surface area contributed by atoms with Gasteiger partial charge < -0.3 is 58.3 Å². The summed E-state index contributed by atoms with van der Waals surface area (Å²) in [5.74, 6) is -6.75. The molecule has 0 unspecified atom stereocenters. The third-order valence-corrected chi connectivity index (χ3v) is 20.6. The van der Waals surface area contributed by atoms with Crippen LogP contribution < -0.4 is 51.2 Å². The second-order valence-corrected chi connectivity index (χ2v) is 29.5. The molecule has 4 amide bonds. The summed E-state index contributed by atoms with van der Waals surface area (Å²) in [7, 11) is -10.0. The number of nitrogens with one attached hydrogen (secondary N) is 4. The summed E-state index contributed by atoms with van der Waals surface area (Å²) in [5, 5.41) is 56.8. The molecule has 2 aliphatic heterocycles. The summed E-state index contributed by atoms with van der Waals surface area (Å²) in [6.07, 6.45) is 9.15. The van der Waals surface area contributed by atoms with Crippen molar-refractivity contribution in [2.75, 3.05) is 41.4 Å². The Balaban J connectivity index is 1.05. The van der Waals surface area contributed by atoms with Gasteiger partial charge in [-0.25, -0.2) is 16.8 Å². The Hall–Kier alpha value is -6.68. The van der Waals surface area contributed by atoms with Gasteiger partial charge in [0.2, 0.25) is 11.6 Å². The molecule has 32 heteroatoms. The third-order valence-electron chi connectivity index (χ3n) is 15.2. The van der Waals surface area contributed by atoms with E-state index >= 15 is 0 Å². The van der Waals surface area contributed by atoms with Crippen molar-refractivity contribution in [3.05, 3.63) is 120 Å². The molecule has 26 nitrogen and oxygen atoms in total. The Morgan fingerprint density at radius 1 is 0.736 bits per heavy atom. The Bertz CT molecular complexity index is 4010. The van der Waals surface area contributed by atoms with Gasteiger partial charge in [0.1, 0.15) is 26.8 Å². The fourth-order valence-corrected chi connectivity index (χ4v) is 15.2. The maximum atomic E-state index is 13.2. The molecule has 0 saturated heterocycles. The molecule has 0 aliphatic carbocycles.